The summed E-state index contributed by atoms with van der Waals surface area (Å²) in [6, 6.07) is 11.1. The molecule has 2 bridgehead atoms. The molecule has 2 aliphatic rings. The molecule has 1 saturated heterocycles. The van der Waals surface area contributed by atoms with Crippen LogP contribution < -0.4 is 0 Å². The number of fused-ring (bicyclic) bond motifs is 3. The molecule has 1 saturated carbocycles. The van der Waals surface area contributed by atoms with Crippen molar-refractivity contribution >= 4 is 11.6 Å². The van der Waals surface area contributed by atoms with Gasteiger partial charge in [0.05, 0.1) is 5.69 Å². The number of likely N-dealkylation sites (tertiary alicyclic amines) is 1. The molecule has 5 rings (SSSR count). The molecule has 168 valence electrons. The van der Waals surface area contributed by atoms with E-state index in [1.54, 1.807) is 18.3 Å². The van der Waals surface area contributed by atoms with Gasteiger partial charge in [-0.25, -0.2) is 9.37 Å². The highest BCUT2D eigenvalue weighted by Gasteiger charge is 2.51. The molecule has 3 atom stereocenters. The Balaban J connectivity index is 1.52. The first-order valence-electron chi connectivity index (χ1n) is 11.6. The lowest BCUT2D eigenvalue weighted by atomic mass is 9.65. The molecule has 0 N–H and O–H groups in total. The van der Waals surface area contributed by atoms with Crippen molar-refractivity contribution in [3.8, 4) is 0 Å². The van der Waals surface area contributed by atoms with Gasteiger partial charge in [-0.2, -0.15) is 0 Å². The number of nitrogens with zero attached hydrogens (tertiary/aromatic N) is 3. The van der Waals surface area contributed by atoms with Gasteiger partial charge in [-0.1, -0.05) is 45.0 Å². The van der Waals surface area contributed by atoms with Crippen LogP contribution in [0.15, 0.2) is 48.8 Å². The molecule has 1 aliphatic heterocycles. The number of hydrogen-bond donors (Lipinski definition) is 0. The van der Waals surface area contributed by atoms with Crippen molar-refractivity contribution in [3.05, 3.63) is 71.4 Å². The second-order valence-electron chi connectivity index (χ2n) is 11.1. The standard InChI is InChI=1S/C27H32FN3O/c1-18-8-7-11-30-23(15-29-25(18)30)21(20-9-5-6-10-22(20)28)12-24(32)31-17-27(4)14-19(31)13-26(2,3)16-27/h5-11,15,19,21H,12-14,16-17H2,1-4H3. The number of halogens is 1. The quantitative estimate of drug-likeness (QED) is 0.527. The highest BCUT2D eigenvalue weighted by molar-refractivity contribution is 5.78. The van der Waals surface area contributed by atoms with Gasteiger partial charge in [-0.3, -0.25) is 4.79 Å². The van der Waals surface area contributed by atoms with Crippen LogP contribution in [0.25, 0.3) is 5.65 Å². The van der Waals surface area contributed by atoms with Crippen molar-refractivity contribution < 1.29 is 9.18 Å². The summed E-state index contributed by atoms with van der Waals surface area (Å²) in [5.74, 6) is -0.546. The number of aromatic nitrogens is 2. The Morgan fingerprint density at radius 1 is 1.19 bits per heavy atom. The van der Waals surface area contributed by atoms with E-state index in [9.17, 15) is 9.18 Å². The molecule has 5 heteroatoms. The number of carbonyl (C=O) groups excluding carboxylic acids is 1. The lowest BCUT2D eigenvalue weighted by Gasteiger charge is -2.39. The Labute approximate surface area is 189 Å². The molecular formula is C27H32FN3O. The average molecular weight is 434 g/mol. The van der Waals surface area contributed by atoms with E-state index in [4.69, 9.17) is 0 Å². The SMILES string of the molecule is Cc1cccn2c(C(CC(=O)N3CC4(C)CC3CC(C)(C)C4)c3ccccc3F)cnc12. The lowest BCUT2D eigenvalue weighted by molar-refractivity contribution is -0.132. The average Bonchev–Trinajstić information content (AvgIpc) is 3.25. The maximum Gasteiger partial charge on any atom is 0.223 e. The largest absolute Gasteiger partial charge is 0.339 e. The molecule has 0 spiro atoms. The Morgan fingerprint density at radius 3 is 2.75 bits per heavy atom. The van der Waals surface area contributed by atoms with E-state index >= 15 is 0 Å². The van der Waals surface area contributed by atoms with Crippen LogP contribution >= 0.6 is 0 Å². The number of imidazole rings is 1. The Kier molecular flexibility index (Phi) is 4.92. The zero-order valence-corrected chi connectivity index (χ0v) is 19.4. The zero-order chi connectivity index (χ0) is 22.7. The molecule has 32 heavy (non-hydrogen) atoms. The van der Waals surface area contributed by atoms with Crippen LogP contribution in [0.4, 0.5) is 4.39 Å². The Hall–Kier alpha value is -2.69. The predicted molar refractivity (Wildman–Crippen MR) is 124 cm³/mol. The molecule has 1 amide bonds. The molecule has 3 aromatic rings. The van der Waals surface area contributed by atoms with Crippen LogP contribution in [-0.2, 0) is 4.79 Å². The van der Waals surface area contributed by atoms with Gasteiger partial charge in [0.1, 0.15) is 11.5 Å². The summed E-state index contributed by atoms with van der Waals surface area (Å²) >= 11 is 0. The van der Waals surface area contributed by atoms with E-state index in [0.29, 0.717) is 5.56 Å². The number of hydrogen-bond acceptors (Lipinski definition) is 2. The minimum atomic E-state index is -0.387. The van der Waals surface area contributed by atoms with E-state index in [1.807, 2.05) is 35.7 Å². The van der Waals surface area contributed by atoms with Crippen LogP contribution in [0, 0.1) is 23.6 Å². The summed E-state index contributed by atoms with van der Waals surface area (Å²) < 4.78 is 17.0. The number of benzene rings is 1. The molecule has 1 aliphatic carbocycles. The molecule has 2 fully saturated rings. The fourth-order valence-corrected chi connectivity index (χ4v) is 6.60. The van der Waals surface area contributed by atoms with Crippen molar-refractivity contribution in [3.63, 3.8) is 0 Å². The highest BCUT2D eigenvalue weighted by Crippen LogP contribution is 2.52. The minimum absolute atomic E-state index is 0.118. The third-order valence-corrected chi connectivity index (χ3v) is 7.51. The first-order valence-corrected chi connectivity index (χ1v) is 11.6. The first-order chi connectivity index (χ1) is 15.2. The summed E-state index contributed by atoms with van der Waals surface area (Å²) in [5.41, 5.74) is 3.74. The second-order valence-corrected chi connectivity index (χ2v) is 11.1. The van der Waals surface area contributed by atoms with Gasteiger partial charge in [-0.15, -0.1) is 0 Å². The maximum atomic E-state index is 15.0. The summed E-state index contributed by atoms with van der Waals surface area (Å²) in [5, 5.41) is 0. The van der Waals surface area contributed by atoms with Crippen molar-refractivity contribution in [2.45, 2.75) is 65.3 Å². The molecule has 1 aromatic carbocycles. The summed E-state index contributed by atoms with van der Waals surface area (Å²) in [6.45, 7) is 9.76. The number of rotatable bonds is 4. The van der Waals surface area contributed by atoms with Gasteiger partial charge in [0, 0.05) is 37.3 Å². The minimum Gasteiger partial charge on any atom is -0.339 e. The highest BCUT2D eigenvalue weighted by atomic mass is 19.1. The smallest absolute Gasteiger partial charge is 0.223 e. The van der Waals surface area contributed by atoms with Gasteiger partial charge >= 0.3 is 0 Å². The number of carbonyl (C=O) groups is 1. The normalized spacial score (nSPS) is 25.3. The zero-order valence-electron chi connectivity index (χ0n) is 19.4. The second kappa shape index (κ2) is 7.43. The molecule has 2 aromatic heterocycles. The molecule has 3 heterocycles. The van der Waals surface area contributed by atoms with Crippen molar-refractivity contribution in [2.24, 2.45) is 10.8 Å². The van der Waals surface area contributed by atoms with Crippen molar-refractivity contribution in [1.82, 2.24) is 14.3 Å². The molecule has 4 nitrogen and oxygen atoms in total. The fraction of sp³-hybridized carbons (Fsp3) is 0.481. The Bertz CT molecular complexity index is 1180. The van der Waals surface area contributed by atoms with E-state index in [0.717, 1.165) is 42.7 Å². The maximum absolute atomic E-state index is 15.0. The topological polar surface area (TPSA) is 37.6 Å². The van der Waals surface area contributed by atoms with Gasteiger partial charge in [0.25, 0.3) is 0 Å². The third kappa shape index (κ3) is 3.62. The van der Waals surface area contributed by atoms with Gasteiger partial charge < -0.3 is 9.30 Å². The van der Waals surface area contributed by atoms with Crippen molar-refractivity contribution in [2.75, 3.05) is 6.54 Å². The van der Waals surface area contributed by atoms with E-state index in [2.05, 4.69) is 30.7 Å². The van der Waals surface area contributed by atoms with Crippen LogP contribution in [0.1, 0.15) is 69.2 Å². The lowest BCUT2D eigenvalue weighted by Crippen LogP contribution is -2.38. The Morgan fingerprint density at radius 2 is 1.97 bits per heavy atom. The van der Waals surface area contributed by atoms with E-state index in [-0.39, 0.29) is 40.9 Å². The fourth-order valence-electron chi connectivity index (χ4n) is 6.60. The molecule has 3 unspecified atom stereocenters. The molecular weight excluding hydrogens is 401 g/mol. The number of aryl methyl sites for hydroxylation is 1. The monoisotopic (exact) mass is 433 g/mol. The third-order valence-electron chi connectivity index (χ3n) is 7.51. The van der Waals surface area contributed by atoms with Gasteiger partial charge in [0.15, 0.2) is 0 Å². The predicted octanol–water partition coefficient (Wildman–Crippen LogP) is 5.73. The van der Waals surface area contributed by atoms with Gasteiger partial charge in [0.2, 0.25) is 5.91 Å². The van der Waals surface area contributed by atoms with Crippen molar-refractivity contribution in [1.29, 1.82) is 0 Å². The van der Waals surface area contributed by atoms with Crippen LogP contribution in [0.3, 0.4) is 0 Å². The van der Waals surface area contributed by atoms with E-state index in [1.165, 1.54) is 6.07 Å². The molecule has 0 radical (unpaired) electrons. The number of amides is 1. The van der Waals surface area contributed by atoms with Gasteiger partial charge in [-0.05, 0) is 60.3 Å². The summed E-state index contributed by atoms with van der Waals surface area (Å²) in [7, 11) is 0. The van der Waals surface area contributed by atoms with Crippen LogP contribution in [0.5, 0.6) is 0 Å². The first kappa shape index (κ1) is 21.2. The van der Waals surface area contributed by atoms with E-state index < -0.39 is 0 Å². The number of pyridine rings is 1. The van der Waals surface area contributed by atoms with Crippen LogP contribution in [0.2, 0.25) is 0 Å². The summed E-state index contributed by atoms with van der Waals surface area (Å²) in [6.07, 6.45) is 7.25. The van der Waals surface area contributed by atoms with Crippen LogP contribution in [-0.4, -0.2) is 32.8 Å². The summed E-state index contributed by atoms with van der Waals surface area (Å²) in [4.78, 5) is 20.4.